The summed E-state index contributed by atoms with van der Waals surface area (Å²) in [6.07, 6.45) is 3.43. The van der Waals surface area contributed by atoms with Crippen molar-refractivity contribution >= 4 is 11.9 Å². The van der Waals surface area contributed by atoms with Crippen LogP contribution in [0.1, 0.15) is 15.9 Å². The number of hydrogen-bond acceptors (Lipinski definition) is 4. The van der Waals surface area contributed by atoms with E-state index in [1.807, 2.05) is 72.9 Å². The maximum Gasteiger partial charge on any atom is 0.203 e. The van der Waals surface area contributed by atoms with E-state index in [-0.39, 0.29) is 11.4 Å². The minimum atomic E-state index is -0.350. The molecule has 0 bridgehead atoms. The van der Waals surface area contributed by atoms with Gasteiger partial charge in [0.25, 0.3) is 0 Å². The van der Waals surface area contributed by atoms with E-state index < -0.39 is 0 Å². The molecule has 150 valence electrons. The maximum atomic E-state index is 12.9. The van der Waals surface area contributed by atoms with Crippen molar-refractivity contribution in [2.24, 2.45) is 0 Å². The molecular weight excluding hydrogens is 386 g/mol. The Bertz CT molecular complexity index is 1270. The summed E-state index contributed by atoms with van der Waals surface area (Å²) in [5, 5.41) is 14.4. The molecule has 0 spiro atoms. The van der Waals surface area contributed by atoms with Crippen LogP contribution in [0.15, 0.2) is 96.7 Å². The van der Waals surface area contributed by atoms with Gasteiger partial charge in [-0.05, 0) is 42.5 Å². The van der Waals surface area contributed by atoms with Crippen molar-refractivity contribution in [2.45, 2.75) is 0 Å². The number of nitrogens with zero attached hydrogens (tertiary/aromatic N) is 3. The highest BCUT2D eigenvalue weighted by Crippen LogP contribution is 2.26. The number of ether oxygens (including phenoxy) is 1. The summed E-state index contributed by atoms with van der Waals surface area (Å²) < 4.78 is 6.89. The van der Waals surface area contributed by atoms with Crippen LogP contribution in [0.4, 0.5) is 0 Å². The summed E-state index contributed by atoms with van der Waals surface area (Å²) in [7, 11) is 1.56. The number of hydrogen-bond donors (Lipinski definition) is 0. The Morgan fingerprint density at radius 3 is 2.23 bits per heavy atom. The van der Waals surface area contributed by atoms with E-state index in [0.29, 0.717) is 22.6 Å². The van der Waals surface area contributed by atoms with E-state index in [4.69, 9.17) is 9.84 Å². The lowest BCUT2D eigenvalue weighted by atomic mass is 10.0. The number of allylic oxidation sites excluding steroid dienone is 1. The number of ketones is 1. The van der Waals surface area contributed by atoms with Crippen LogP contribution in [0.25, 0.3) is 23.0 Å². The summed E-state index contributed by atoms with van der Waals surface area (Å²) >= 11 is 0. The smallest absolute Gasteiger partial charge is 0.203 e. The number of para-hydroxylation sites is 1. The second-order valence-corrected chi connectivity index (χ2v) is 6.81. The molecule has 31 heavy (non-hydrogen) atoms. The molecule has 0 aliphatic heterocycles. The molecule has 0 aliphatic rings. The Morgan fingerprint density at radius 2 is 1.61 bits per heavy atom. The topological polar surface area (TPSA) is 67.9 Å². The molecule has 5 nitrogen and oxygen atoms in total. The fraction of sp³-hybridized carbons (Fsp3) is 0.0385. The first kappa shape index (κ1) is 19.9. The summed E-state index contributed by atoms with van der Waals surface area (Å²) in [6, 6.07) is 28.1. The molecule has 0 radical (unpaired) electrons. The van der Waals surface area contributed by atoms with E-state index in [1.54, 1.807) is 42.1 Å². The van der Waals surface area contributed by atoms with Crippen molar-refractivity contribution in [3.63, 3.8) is 0 Å². The SMILES string of the molecule is COc1ccc(C(=O)/C(C#N)=C/c2cn(-c3ccccc3)nc2-c2ccccc2)cc1. The zero-order chi connectivity index (χ0) is 21.6. The zero-order valence-corrected chi connectivity index (χ0v) is 16.9. The van der Waals surface area contributed by atoms with Crippen molar-refractivity contribution in [1.29, 1.82) is 5.26 Å². The highest BCUT2D eigenvalue weighted by molar-refractivity contribution is 6.14. The summed E-state index contributed by atoms with van der Waals surface area (Å²) in [5.41, 5.74) is 3.63. The minimum Gasteiger partial charge on any atom is -0.497 e. The van der Waals surface area contributed by atoms with E-state index in [1.165, 1.54) is 0 Å². The van der Waals surface area contributed by atoms with Gasteiger partial charge >= 0.3 is 0 Å². The van der Waals surface area contributed by atoms with E-state index in [0.717, 1.165) is 11.3 Å². The van der Waals surface area contributed by atoms with Crippen LogP contribution in [-0.2, 0) is 0 Å². The number of benzene rings is 3. The first-order valence-corrected chi connectivity index (χ1v) is 9.70. The molecule has 0 unspecified atom stereocenters. The third kappa shape index (κ3) is 4.29. The van der Waals surface area contributed by atoms with Gasteiger partial charge in [-0.2, -0.15) is 10.4 Å². The number of nitriles is 1. The van der Waals surface area contributed by atoms with Gasteiger partial charge in [0.2, 0.25) is 5.78 Å². The third-order valence-corrected chi connectivity index (χ3v) is 4.83. The van der Waals surface area contributed by atoms with Gasteiger partial charge in [-0.15, -0.1) is 0 Å². The standard InChI is InChI=1S/C26H19N3O2/c1-31-24-14-12-20(13-15-24)26(30)21(17-27)16-22-18-29(23-10-6-3-7-11-23)28-25(22)19-8-4-2-5-9-19/h2-16,18H,1H3/b21-16+. The van der Waals surface area contributed by atoms with Crippen molar-refractivity contribution in [2.75, 3.05) is 7.11 Å². The second kappa shape index (κ2) is 8.93. The Hall–Kier alpha value is -4.43. The Kier molecular flexibility index (Phi) is 5.72. The van der Waals surface area contributed by atoms with Crippen LogP contribution in [0.2, 0.25) is 0 Å². The van der Waals surface area contributed by atoms with E-state index in [9.17, 15) is 10.1 Å². The van der Waals surface area contributed by atoms with Gasteiger partial charge in [-0.25, -0.2) is 4.68 Å². The molecule has 0 fully saturated rings. The van der Waals surface area contributed by atoms with Crippen LogP contribution < -0.4 is 4.74 Å². The zero-order valence-electron chi connectivity index (χ0n) is 16.9. The molecule has 0 N–H and O–H groups in total. The van der Waals surface area contributed by atoms with Gasteiger partial charge in [0.1, 0.15) is 17.4 Å². The fourth-order valence-electron chi connectivity index (χ4n) is 3.23. The second-order valence-electron chi connectivity index (χ2n) is 6.81. The summed E-state index contributed by atoms with van der Waals surface area (Å²) in [4.78, 5) is 12.9. The van der Waals surface area contributed by atoms with Crippen molar-refractivity contribution in [1.82, 2.24) is 9.78 Å². The molecule has 0 amide bonds. The van der Waals surface area contributed by atoms with Gasteiger partial charge in [0.15, 0.2) is 0 Å². The Morgan fingerprint density at radius 1 is 0.968 bits per heavy atom. The third-order valence-electron chi connectivity index (χ3n) is 4.83. The molecule has 4 rings (SSSR count). The number of carbonyl (C=O) groups excluding carboxylic acids is 1. The molecule has 4 aromatic rings. The van der Waals surface area contributed by atoms with Gasteiger partial charge in [-0.1, -0.05) is 48.5 Å². The Labute approximate surface area is 180 Å². The summed E-state index contributed by atoms with van der Waals surface area (Å²) in [6.45, 7) is 0. The molecule has 0 atom stereocenters. The molecule has 0 saturated heterocycles. The summed E-state index contributed by atoms with van der Waals surface area (Å²) in [5.74, 6) is 0.297. The maximum absolute atomic E-state index is 12.9. The molecule has 0 aliphatic carbocycles. The number of rotatable bonds is 6. The van der Waals surface area contributed by atoms with Gasteiger partial charge in [-0.3, -0.25) is 4.79 Å². The molecule has 1 heterocycles. The number of aromatic nitrogens is 2. The minimum absolute atomic E-state index is 0.0370. The van der Waals surface area contributed by atoms with Crippen LogP contribution >= 0.6 is 0 Å². The number of Topliss-reactive ketones (excluding diaryl/α,β-unsaturated/α-hetero) is 1. The van der Waals surface area contributed by atoms with Gasteiger partial charge in [0.05, 0.1) is 18.5 Å². The van der Waals surface area contributed by atoms with Crippen LogP contribution in [-0.4, -0.2) is 22.7 Å². The van der Waals surface area contributed by atoms with E-state index in [2.05, 4.69) is 0 Å². The lowest BCUT2D eigenvalue weighted by Gasteiger charge is -2.03. The number of carbonyl (C=O) groups is 1. The normalized spacial score (nSPS) is 11.0. The van der Waals surface area contributed by atoms with Crippen molar-refractivity contribution in [3.8, 4) is 28.8 Å². The molecule has 1 aromatic heterocycles. The largest absolute Gasteiger partial charge is 0.497 e. The average molecular weight is 405 g/mol. The predicted octanol–water partition coefficient (Wildman–Crippen LogP) is 5.34. The molecule has 0 saturated carbocycles. The van der Waals surface area contributed by atoms with Crippen LogP contribution in [0.3, 0.4) is 0 Å². The first-order chi connectivity index (χ1) is 15.2. The fourth-order valence-corrected chi connectivity index (χ4v) is 3.23. The quantitative estimate of drug-likeness (QED) is 0.247. The molecule has 3 aromatic carbocycles. The number of methoxy groups -OCH3 is 1. The highest BCUT2D eigenvalue weighted by Gasteiger charge is 2.16. The van der Waals surface area contributed by atoms with Crippen molar-refractivity contribution in [3.05, 3.63) is 108 Å². The average Bonchev–Trinajstić information content (AvgIpc) is 3.27. The van der Waals surface area contributed by atoms with Gasteiger partial charge in [0, 0.05) is 22.9 Å². The van der Waals surface area contributed by atoms with Crippen LogP contribution in [0.5, 0.6) is 5.75 Å². The molecular formula is C26H19N3O2. The monoisotopic (exact) mass is 405 g/mol. The molecule has 5 heteroatoms. The van der Waals surface area contributed by atoms with E-state index >= 15 is 0 Å². The van der Waals surface area contributed by atoms with Crippen LogP contribution in [0, 0.1) is 11.3 Å². The lowest BCUT2D eigenvalue weighted by molar-refractivity contribution is 0.104. The highest BCUT2D eigenvalue weighted by atomic mass is 16.5. The first-order valence-electron chi connectivity index (χ1n) is 9.70. The van der Waals surface area contributed by atoms with Crippen molar-refractivity contribution < 1.29 is 9.53 Å². The Balaban J connectivity index is 1.79. The van der Waals surface area contributed by atoms with Gasteiger partial charge < -0.3 is 4.74 Å². The lowest BCUT2D eigenvalue weighted by Crippen LogP contribution is -2.02. The predicted molar refractivity (Wildman–Crippen MR) is 120 cm³/mol.